The summed E-state index contributed by atoms with van der Waals surface area (Å²) in [7, 11) is -3.82. The summed E-state index contributed by atoms with van der Waals surface area (Å²) in [6.45, 7) is 4.73. The highest BCUT2D eigenvalue weighted by Gasteiger charge is 2.34. The molecule has 0 atom stereocenters. The van der Waals surface area contributed by atoms with Crippen LogP contribution in [0.25, 0.3) is 0 Å². The van der Waals surface area contributed by atoms with E-state index in [-0.39, 0.29) is 54.6 Å². The smallest absolute Gasteiger partial charge is 0.331 e. The molecule has 2 aromatic rings. The highest BCUT2D eigenvalue weighted by Crippen LogP contribution is 2.24. The molecule has 0 saturated carbocycles. The van der Waals surface area contributed by atoms with E-state index in [0.717, 1.165) is 4.57 Å². The number of carbonyl (C=O) groups excluding carboxylic acids is 1. The fourth-order valence-corrected chi connectivity index (χ4v) is 5.19. The average molecular weight is 450 g/mol. The number of rotatable bonds is 5. The summed E-state index contributed by atoms with van der Waals surface area (Å²) in [6.07, 6.45) is 1.17. The molecule has 3 heterocycles. The number of nitriles is 1. The lowest BCUT2D eigenvalue weighted by Crippen LogP contribution is -2.52. The molecule has 13 heteroatoms. The average Bonchev–Trinajstić information content (AvgIpc) is 3.10. The van der Waals surface area contributed by atoms with Gasteiger partial charge in [0.2, 0.25) is 15.9 Å². The van der Waals surface area contributed by atoms with Crippen LogP contribution in [0.3, 0.4) is 0 Å². The van der Waals surface area contributed by atoms with Crippen LogP contribution in [0.1, 0.15) is 23.9 Å². The molecule has 166 valence electrons. The van der Waals surface area contributed by atoms with Crippen molar-refractivity contribution in [1.29, 1.82) is 5.26 Å². The summed E-state index contributed by atoms with van der Waals surface area (Å²) in [5.74, 6) is -0.314. The molecule has 0 bridgehead atoms. The van der Waals surface area contributed by atoms with E-state index in [1.807, 2.05) is 0 Å². The standard InChI is InChI=1S/C18H22N6O6S/c1-4-21-10-14(9-19)17(26)24(18(21)27)11-15(25)22-5-7-23(8-6-22)31(28,29)16-12(2)20-30-13(16)3/h10H,4-8,11H2,1-3H3. The van der Waals surface area contributed by atoms with Crippen LogP contribution in [0.5, 0.6) is 0 Å². The van der Waals surface area contributed by atoms with E-state index in [2.05, 4.69) is 5.16 Å². The Kier molecular flexibility index (Phi) is 6.14. The van der Waals surface area contributed by atoms with E-state index in [0.29, 0.717) is 0 Å². The quantitative estimate of drug-likeness (QED) is 0.565. The fourth-order valence-electron chi connectivity index (χ4n) is 3.48. The molecular weight excluding hydrogens is 428 g/mol. The van der Waals surface area contributed by atoms with Crippen molar-refractivity contribution in [2.45, 2.75) is 38.8 Å². The molecule has 1 amide bonds. The van der Waals surface area contributed by atoms with Gasteiger partial charge in [-0.2, -0.15) is 9.57 Å². The van der Waals surface area contributed by atoms with Gasteiger partial charge in [-0.1, -0.05) is 5.16 Å². The third-order valence-electron chi connectivity index (χ3n) is 5.15. The van der Waals surface area contributed by atoms with Crippen molar-refractivity contribution in [2.24, 2.45) is 0 Å². The maximum absolute atomic E-state index is 12.9. The molecule has 0 aliphatic carbocycles. The minimum Gasteiger partial charge on any atom is -0.360 e. The van der Waals surface area contributed by atoms with Gasteiger partial charge in [-0.3, -0.25) is 14.2 Å². The van der Waals surface area contributed by atoms with E-state index in [1.165, 1.54) is 26.9 Å². The molecule has 1 aliphatic heterocycles. The number of aromatic nitrogens is 3. The molecule has 0 aromatic carbocycles. The molecule has 12 nitrogen and oxygen atoms in total. The van der Waals surface area contributed by atoms with Crippen LogP contribution < -0.4 is 11.2 Å². The lowest BCUT2D eigenvalue weighted by atomic mass is 10.3. The van der Waals surface area contributed by atoms with Gasteiger partial charge in [0, 0.05) is 38.9 Å². The van der Waals surface area contributed by atoms with Crippen LogP contribution in [0.4, 0.5) is 0 Å². The normalized spacial score (nSPS) is 15.1. The van der Waals surface area contributed by atoms with Crippen LogP contribution in [0, 0.1) is 25.2 Å². The minimum atomic E-state index is -3.82. The first-order valence-electron chi connectivity index (χ1n) is 9.57. The first-order valence-corrected chi connectivity index (χ1v) is 11.0. The van der Waals surface area contributed by atoms with E-state index >= 15 is 0 Å². The predicted octanol–water partition coefficient (Wildman–Crippen LogP) is -0.960. The van der Waals surface area contributed by atoms with Crippen molar-refractivity contribution >= 4 is 15.9 Å². The lowest BCUT2D eigenvalue weighted by molar-refractivity contribution is -0.133. The van der Waals surface area contributed by atoms with Crippen molar-refractivity contribution in [2.75, 3.05) is 26.2 Å². The third kappa shape index (κ3) is 4.04. The second-order valence-corrected chi connectivity index (χ2v) is 8.93. The monoisotopic (exact) mass is 450 g/mol. The molecule has 2 aromatic heterocycles. The zero-order valence-electron chi connectivity index (χ0n) is 17.4. The Morgan fingerprint density at radius 1 is 1.23 bits per heavy atom. The summed E-state index contributed by atoms with van der Waals surface area (Å²) in [4.78, 5) is 38.9. The van der Waals surface area contributed by atoms with Crippen molar-refractivity contribution < 1.29 is 17.7 Å². The van der Waals surface area contributed by atoms with Gasteiger partial charge in [-0.25, -0.2) is 17.8 Å². The molecule has 31 heavy (non-hydrogen) atoms. The summed E-state index contributed by atoms with van der Waals surface area (Å²) < 4.78 is 33.9. The zero-order valence-corrected chi connectivity index (χ0v) is 18.2. The second kappa shape index (κ2) is 8.48. The van der Waals surface area contributed by atoms with Gasteiger partial charge in [-0.05, 0) is 20.8 Å². The number of hydrogen-bond donors (Lipinski definition) is 0. The number of aryl methyl sites for hydroxylation is 3. The maximum atomic E-state index is 12.9. The van der Waals surface area contributed by atoms with Crippen LogP contribution in [-0.4, -0.2) is 64.0 Å². The fraction of sp³-hybridized carbons (Fsp3) is 0.500. The summed E-state index contributed by atoms with van der Waals surface area (Å²) >= 11 is 0. The topological polar surface area (TPSA) is 152 Å². The largest absolute Gasteiger partial charge is 0.360 e. The van der Waals surface area contributed by atoms with Crippen LogP contribution >= 0.6 is 0 Å². The molecular formula is C18H22N6O6S. The first-order chi connectivity index (χ1) is 14.6. The zero-order chi connectivity index (χ0) is 22.9. The Morgan fingerprint density at radius 3 is 2.39 bits per heavy atom. The molecule has 1 saturated heterocycles. The number of carbonyl (C=O) groups is 1. The Balaban J connectivity index is 1.76. The predicted molar refractivity (Wildman–Crippen MR) is 107 cm³/mol. The SMILES string of the molecule is CCn1cc(C#N)c(=O)n(CC(=O)N2CCN(S(=O)(=O)c3c(C)noc3C)CC2)c1=O. The van der Waals surface area contributed by atoms with Gasteiger partial charge in [0.25, 0.3) is 5.56 Å². The van der Waals surface area contributed by atoms with Crippen molar-refractivity contribution in [1.82, 2.24) is 23.5 Å². The van der Waals surface area contributed by atoms with Crippen LogP contribution in [0.15, 0.2) is 25.2 Å². The number of sulfonamides is 1. The van der Waals surface area contributed by atoms with Gasteiger partial charge in [0.1, 0.15) is 28.8 Å². The number of hydrogen-bond acceptors (Lipinski definition) is 8. The Bertz CT molecular complexity index is 1250. The highest BCUT2D eigenvalue weighted by molar-refractivity contribution is 7.89. The van der Waals surface area contributed by atoms with Crippen molar-refractivity contribution in [3.05, 3.63) is 44.1 Å². The molecule has 0 radical (unpaired) electrons. The van der Waals surface area contributed by atoms with Gasteiger partial charge < -0.3 is 9.42 Å². The molecule has 0 N–H and O–H groups in total. The molecule has 0 unspecified atom stereocenters. The molecule has 1 aliphatic rings. The minimum absolute atomic E-state index is 0.0206. The van der Waals surface area contributed by atoms with E-state index in [1.54, 1.807) is 19.9 Å². The van der Waals surface area contributed by atoms with Gasteiger partial charge >= 0.3 is 5.69 Å². The highest BCUT2D eigenvalue weighted by atomic mass is 32.2. The number of nitrogens with zero attached hydrogens (tertiary/aromatic N) is 6. The van der Waals surface area contributed by atoms with E-state index in [9.17, 15) is 22.8 Å². The number of piperazine rings is 1. The lowest BCUT2D eigenvalue weighted by Gasteiger charge is -2.34. The van der Waals surface area contributed by atoms with Crippen LogP contribution in [-0.2, 0) is 27.9 Å². The summed E-state index contributed by atoms with van der Waals surface area (Å²) in [6, 6.07) is 1.73. The van der Waals surface area contributed by atoms with Gasteiger partial charge in [-0.15, -0.1) is 0 Å². The summed E-state index contributed by atoms with van der Waals surface area (Å²) in [5, 5.41) is 12.8. The Hall–Kier alpha value is -3.24. The molecule has 1 fully saturated rings. The van der Waals surface area contributed by atoms with E-state index in [4.69, 9.17) is 9.78 Å². The Labute approximate surface area is 177 Å². The molecule has 3 rings (SSSR count). The van der Waals surface area contributed by atoms with Crippen LogP contribution in [0.2, 0.25) is 0 Å². The van der Waals surface area contributed by atoms with E-state index < -0.39 is 33.7 Å². The third-order valence-corrected chi connectivity index (χ3v) is 7.29. The van der Waals surface area contributed by atoms with Crippen molar-refractivity contribution in [3.63, 3.8) is 0 Å². The molecule has 0 spiro atoms. The summed E-state index contributed by atoms with van der Waals surface area (Å²) in [5.41, 5.74) is -1.48. The van der Waals surface area contributed by atoms with Gasteiger partial charge in [0.05, 0.1) is 0 Å². The second-order valence-electron chi connectivity index (χ2n) is 7.05. The number of amides is 1. The first kappa shape index (κ1) is 22.4. The van der Waals surface area contributed by atoms with Crippen molar-refractivity contribution in [3.8, 4) is 6.07 Å². The maximum Gasteiger partial charge on any atom is 0.331 e. The Morgan fingerprint density at radius 2 is 1.87 bits per heavy atom. The van der Waals surface area contributed by atoms with Gasteiger partial charge in [0.15, 0.2) is 5.76 Å².